The van der Waals surface area contributed by atoms with Crippen molar-refractivity contribution in [3.8, 4) is 5.75 Å². The standard InChI is InChI=1S/C12H16ClNO2/c13-9-4-8(5-10(15)6-9)7-14-11-2-1-3-12(11)16/h4-6,11-12,14-16H,1-3,7H2/t11-,12-/m0/s1. The molecule has 1 saturated carbocycles. The van der Waals surface area contributed by atoms with E-state index in [1.165, 1.54) is 6.07 Å². The maximum absolute atomic E-state index is 9.64. The lowest BCUT2D eigenvalue weighted by atomic mass is 10.1. The molecule has 0 unspecified atom stereocenters. The molecule has 1 aromatic carbocycles. The predicted octanol–water partition coefficient (Wildman–Crippen LogP) is 2.05. The Labute approximate surface area is 100 Å². The van der Waals surface area contributed by atoms with Gasteiger partial charge in [0.05, 0.1) is 6.10 Å². The van der Waals surface area contributed by atoms with Gasteiger partial charge in [0, 0.05) is 17.6 Å². The summed E-state index contributed by atoms with van der Waals surface area (Å²) >= 11 is 5.84. The van der Waals surface area contributed by atoms with Gasteiger partial charge in [-0.05, 0) is 43.0 Å². The normalized spacial score (nSPS) is 24.9. The van der Waals surface area contributed by atoms with Gasteiger partial charge in [0.15, 0.2) is 0 Å². The van der Waals surface area contributed by atoms with E-state index in [0.29, 0.717) is 11.6 Å². The van der Waals surface area contributed by atoms with E-state index in [9.17, 15) is 10.2 Å². The first-order chi connectivity index (χ1) is 7.65. The van der Waals surface area contributed by atoms with Gasteiger partial charge in [0.25, 0.3) is 0 Å². The predicted molar refractivity (Wildman–Crippen MR) is 63.6 cm³/mol. The van der Waals surface area contributed by atoms with Crippen LogP contribution in [0.5, 0.6) is 5.75 Å². The molecule has 3 N–H and O–H groups in total. The molecule has 2 rings (SSSR count). The highest BCUT2D eigenvalue weighted by molar-refractivity contribution is 6.30. The Morgan fingerprint density at radius 1 is 1.31 bits per heavy atom. The van der Waals surface area contributed by atoms with Crippen LogP contribution in [0, 0.1) is 0 Å². The highest BCUT2D eigenvalue weighted by Gasteiger charge is 2.24. The van der Waals surface area contributed by atoms with Crippen LogP contribution in [0.15, 0.2) is 18.2 Å². The topological polar surface area (TPSA) is 52.5 Å². The summed E-state index contributed by atoms with van der Waals surface area (Å²) in [5.74, 6) is 0.177. The van der Waals surface area contributed by atoms with Crippen LogP contribution in [0.4, 0.5) is 0 Å². The number of hydrogen-bond acceptors (Lipinski definition) is 3. The first kappa shape index (κ1) is 11.7. The Bertz CT molecular complexity index is 350. The van der Waals surface area contributed by atoms with E-state index in [1.807, 2.05) is 6.07 Å². The van der Waals surface area contributed by atoms with Gasteiger partial charge in [0.1, 0.15) is 5.75 Å². The molecule has 16 heavy (non-hydrogen) atoms. The van der Waals surface area contributed by atoms with E-state index in [0.717, 1.165) is 24.8 Å². The summed E-state index contributed by atoms with van der Waals surface area (Å²) in [4.78, 5) is 0. The van der Waals surface area contributed by atoms with Crippen molar-refractivity contribution in [1.82, 2.24) is 5.32 Å². The summed E-state index contributed by atoms with van der Waals surface area (Å²) in [6.45, 7) is 0.621. The molecule has 0 radical (unpaired) electrons. The van der Waals surface area contributed by atoms with Crippen molar-refractivity contribution in [3.05, 3.63) is 28.8 Å². The molecule has 2 atom stereocenters. The lowest BCUT2D eigenvalue weighted by molar-refractivity contribution is 0.148. The largest absolute Gasteiger partial charge is 0.508 e. The highest BCUT2D eigenvalue weighted by Crippen LogP contribution is 2.22. The van der Waals surface area contributed by atoms with Crippen molar-refractivity contribution >= 4 is 11.6 Å². The number of aromatic hydroxyl groups is 1. The fraction of sp³-hybridized carbons (Fsp3) is 0.500. The number of phenols is 1. The quantitative estimate of drug-likeness (QED) is 0.759. The van der Waals surface area contributed by atoms with Gasteiger partial charge >= 0.3 is 0 Å². The molecule has 1 aromatic rings. The number of halogens is 1. The van der Waals surface area contributed by atoms with Crippen LogP contribution in [0.25, 0.3) is 0 Å². The van der Waals surface area contributed by atoms with Crippen LogP contribution >= 0.6 is 11.6 Å². The number of phenolic OH excluding ortho intramolecular Hbond substituents is 1. The summed E-state index contributed by atoms with van der Waals surface area (Å²) in [5, 5.41) is 22.8. The summed E-state index contributed by atoms with van der Waals surface area (Å²) in [7, 11) is 0. The van der Waals surface area contributed by atoms with E-state index >= 15 is 0 Å². The number of aliphatic hydroxyl groups excluding tert-OH is 1. The van der Waals surface area contributed by atoms with Crippen molar-refractivity contribution in [2.75, 3.05) is 0 Å². The minimum absolute atomic E-state index is 0.168. The summed E-state index contributed by atoms with van der Waals surface area (Å²) in [6.07, 6.45) is 2.71. The third-order valence-corrected chi connectivity index (χ3v) is 3.21. The van der Waals surface area contributed by atoms with Crippen LogP contribution in [0.1, 0.15) is 24.8 Å². The van der Waals surface area contributed by atoms with E-state index in [4.69, 9.17) is 11.6 Å². The van der Waals surface area contributed by atoms with Gasteiger partial charge < -0.3 is 15.5 Å². The Hall–Kier alpha value is -0.770. The molecule has 0 bridgehead atoms. The lowest BCUT2D eigenvalue weighted by Crippen LogP contribution is -2.35. The van der Waals surface area contributed by atoms with Crippen LogP contribution in [-0.2, 0) is 6.54 Å². The zero-order valence-electron chi connectivity index (χ0n) is 8.99. The number of aliphatic hydroxyl groups is 1. The molecule has 0 spiro atoms. The molecule has 3 nitrogen and oxygen atoms in total. The molecular formula is C12H16ClNO2. The van der Waals surface area contributed by atoms with Gasteiger partial charge in [-0.15, -0.1) is 0 Å². The molecule has 0 aromatic heterocycles. The monoisotopic (exact) mass is 241 g/mol. The van der Waals surface area contributed by atoms with Crippen molar-refractivity contribution in [2.45, 2.75) is 38.0 Å². The Morgan fingerprint density at radius 3 is 2.75 bits per heavy atom. The third kappa shape index (κ3) is 2.88. The molecule has 0 aliphatic heterocycles. The summed E-state index contributed by atoms with van der Waals surface area (Å²) in [6, 6.07) is 5.17. The lowest BCUT2D eigenvalue weighted by Gasteiger charge is -2.16. The van der Waals surface area contributed by atoms with Crippen molar-refractivity contribution in [2.24, 2.45) is 0 Å². The molecule has 1 aliphatic carbocycles. The first-order valence-corrected chi connectivity index (χ1v) is 5.93. The SMILES string of the molecule is Oc1cc(Cl)cc(CN[C@H]2CCC[C@@H]2O)c1. The van der Waals surface area contributed by atoms with E-state index in [-0.39, 0.29) is 17.9 Å². The van der Waals surface area contributed by atoms with Crippen molar-refractivity contribution in [3.63, 3.8) is 0 Å². The molecule has 4 heteroatoms. The van der Waals surface area contributed by atoms with Crippen LogP contribution in [0.2, 0.25) is 5.02 Å². The smallest absolute Gasteiger partial charge is 0.117 e. The Morgan fingerprint density at radius 2 is 2.12 bits per heavy atom. The molecule has 0 amide bonds. The second kappa shape index (κ2) is 5.04. The maximum Gasteiger partial charge on any atom is 0.117 e. The molecule has 1 aliphatic rings. The van der Waals surface area contributed by atoms with Crippen molar-refractivity contribution < 1.29 is 10.2 Å². The van der Waals surface area contributed by atoms with E-state index in [1.54, 1.807) is 6.07 Å². The molecular weight excluding hydrogens is 226 g/mol. The van der Waals surface area contributed by atoms with Crippen LogP contribution < -0.4 is 5.32 Å². The van der Waals surface area contributed by atoms with Gasteiger partial charge in [-0.3, -0.25) is 0 Å². The zero-order valence-corrected chi connectivity index (χ0v) is 9.74. The minimum atomic E-state index is -0.243. The molecule has 0 saturated heterocycles. The number of nitrogens with one attached hydrogen (secondary N) is 1. The number of rotatable bonds is 3. The average Bonchev–Trinajstić information content (AvgIpc) is 2.59. The van der Waals surface area contributed by atoms with Crippen LogP contribution in [-0.4, -0.2) is 22.4 Å². The maximum atomic E-state index is 9.64. The summed E-state index contributed by atoms with van der Waals surface area (Å²) < 4.78 is 0. The summed E-state index contributed by atoms with van der Waals surface area (Å²) in [5.41, 5.74) is 0.934. The minimum Gasteiger partial charge on any atom is -0.508 e. The van der Waals surface area contributed by atoms with Gasteiger partial charge in [-0.25, -0.2) is 0 Å². The Balaban J connectivity index is 1.94. The second-order valence-electron chi connectivity index (χ2n) is 4.30. The number of hydrogen-bond donors (Lipinski definition) is 3. The molecule has 1 fully saturated rings. The molecule has 88 valence electrons. The zero-order chi connectivity index (χ0) is 11.5. The van der Waals surface area contributed by atoms with E-state index < -0.39 is 0 Å². The average molecular weight is 242 g/mol. The Kier molecular flexibility index (Phi) is 3.69. The van der Waals surface area contributed by atoms with Gasteiger partial charge in [-0.1, -0.05) is 11.6 Å². The fourth-order valence-electron chi connectivity index (χ4n) is 2.16. The highest BCUT2D eigenvalue weighted by atomic mass is 35.5. The molecule has 0 heterocycles. The van der Waals surface area contributed by atoms with Crippen molar-refractivity contribution in [1.29, 1.82) is 0 Å². The van der Waals surface area contributed by atoms with Gasteiger partial charge in [0.2, 0.25) is 0 Å². The third-order valence-electron chi connectivity index (χ3n) is 2.99. The van der Waals surface area contributed by atoms with E-state index in [2.05, 4.69) is 5.32 Å². The first-order valence-electron chi connectivity index (χ1n) is 5.55. The van der Waals surface area contributed by atoms with Gasteiger partial charge in [-0.2, -0.15) is 0 Å². The van der Waals surface area contributed by atoms with Crippen LogP contribution in [0.3, 0.4) is 0 Å². The fourth-order valence-corrected chi connectivity index (χ4v) is 2.41. The number of benzene rings is 1. The second-order valence-corrected chi connectivity index (χ2v) is 4.74.